The highest BCUT2D eigenvalue weighted by Gasteiger charge is 2.46. The van der Waals surface area contributed by atoms with Crippen molar-refractivity contribution in [1.82, 2.24) is 4.90 Å². The Morgan fingerprint density at radius 2 is 1.67 bits per heavy atom. The van der Waals surface area contributed by atoms with Crippen molar-refractivity contribution in [3.63, 3.8) is 0 Å². The number of carbonyl (C=O) groups is 1. The Kier molecular flexibility index (Phi) is 5.43. The first kappa shape index (κ1) is 22.2. The fourth-order valence-corrected chi connectivity index (χ4v) is 4.73. The minimum atomic E-state index is -0.562. The van der Waals surface area contributed by atoms with Crippen LogP contribution in [-0.4, -0.2) is 30.2 Å². The third kappa shape index (κ3) is 4.19. The summed E-state index contributed by atoms with van der Waals surface area (Å²) in [6.07, 6.45) is -0.309. The van der Waals surface area contributed by atoms with Crippen molar-refractivity contribution in [2.75, 3.05) is 13.7 Å². The van der Waals surface area contributed by atoms with Crippen LogP contribution in [0, 0.1) is 10.8 Å². The molecule has 1 aliphatic rings. The monoisotopic (exact) mass is 409 g/mol. The summed E-state index contributed by atoms with van der Waals surface area (Å²) in [7, 11) is 1.68. The molecule has 0 saturated heterocycles. The van der Waals surface area contributed by atoms with Crippen molar-refractivity contribution in [1.29, 1.82) is 0 Å². The number of ether oxygens (including phenoxy) is 2. The molecule has 1 amide bonds. The molecule has 0 aliphatic carbocycles. The van der Waals surface area contributed by atoms with E-state index < -0.39 is 5.60 Å². The van der Waals surface area contributed by atoms with Gasteiger partial charge in [-0.25, -0.2) is 4.79 Å². The van der Waals surface area contributed by atoms with Crippen molar-refractivity contribution in [3.05, 3.63) is 47.5 Å². The number of benzene rings is 2. The fourth-order valence-electron chi connectivity index (χ4n) is 4.73. The lowest BCUT2D eigenvalue weighted by molar-refractivity contribution is 0.0338. The van der Waals surface area contributed by atoms with Gasteiger partial charge in [0.2, 0.25) is 0 Å². The topological polar surface area (TPSA) is 38.8 Å². The first-order valence-corrected chi connectivity index (χ1v) is 10.6. The number of rotatable bonds is 2. The van der Waals surface area contributed by atoms with E-state index in [0.29, 0.717) is 6.54 Å². The van der Waals surface area contributed by atoms with E-state index in [-0.39, 0.29) is 16.9 Å². The molecule has 30 heavy (non-hydrogen) atoms. The third-order valence-corrected chi connectivity index (χ3v) is 5.43. The highest BCUT2D eigenvalue weighted by molar-refractivity contribution is 5.99. The van der Waals surface area contributed by atoms with Gasteiger partial charge in [0.1, 0.15) is 11.4 Å². The first-order valence-electron chi connectivity index (χ1n) is 10.6. The van der Waals surface area contributed by atoms with Crippen molar-refractivity contribution >= 4 is 22.6 Å². The average Bonchev–Trinajstić information content (AvgIpc) is 2.90. The van der Waals surface area contributed by atoms with Crippen molar-refractivity contribution in [2.24, 2.45) is 10.8 Å². The molecule has 1 heterocycles. The second-order valence-electron chi connectivity index (χ2n) is 10.8. The Hall–Kier alpha value is -2.49. The maximum atomic E-state index is 13.3. The van der Waals surface area contributed by atoms with Crippen LogP contribution >= 0.6 is 0 Å². The lowest BCUT2D eigenvalue weighted by Gasteiger charge is -2.32. The molecule has 0 radical (unpaired) electrons. The maximum absolute atomic E-state index is 13.3. The summed E-state index contributed by atoms with van der Waals surface area (Å²) < 4.78 is 11.4. The molecule has 0 unspecified atom stereocenters. The van der Waals surface area contributed by atoms with Crippen LogP contribution in [0.5, 0.6) is 5.75 Å². The van der Waals surface area contributed by atoms with Gasteiger partial charge < -0.3 is 9.47 Å². The first-order chi connectivity index (χ1) is 13.7. The second kappa shape index (κ2) is 7.33. The molecule has 0 fully saturated rings. The molecule has 3 rings (SSSR count). The summed E-state index contributed by atoms with van der Waals surface area (Å²) in [6.45, 7) is 17.3. The molecule has 0 N–H and O–H groups in total. The Balaban J connectivity index is 2.35. The summed E-state index contributed by atoms with van der Waals surface area (Å²) >= 11 is 0. The molecule has 2 aromatic carbocycles. The zero-order chi connectivity index (χ0) is 22.5. The summed E-state index contributed by atoms with van der Waals surface area (Å²) in [5, 5.41) is 2.18. The predicted molar refractivity (Wildman–Crippen MR) is 124 cm³/mol. The lowest BCUT2D eigenvalue weighted by atomic mass is 9.71. The molecular formula is C26H35NO3. The molecule has 2 aromatic rings. The summed E-state index contributed by atoms with van der Waals surface area (Å²) in [6, 6.07) is 12.3. The van der Waals surface area contributed by atoms with Crippen molar-refractivity contribution < 1.29 is 14.3 Å². The predicted octanol–water partition coefficient (Wildman–Crippen LogP) is 6.88. The van der Waals surface area contributed by atoms with Gasteiger partial charge in [-0.2, -0.15) is 0 Å². The molecule has 0 atom stereocenters. The van der Waals surface area contributed by atoms with Gasteiger partial charge in [-0.3, -0.25) is 4.90 Å². The van der Waals surface area contributed by atoms with E-state index in [0.717, 1.165) is 27.8 Å². The maximum Gasteiger partial charge on any atom is 0.414 e. The number of fused-ring (bicyclic) bond motifs is 1. The summed E-state index contributed by atoms with van der Waals surface area (Å²) in [5.41, 5.74) is 2.32. The lowest BCUT2D eigenvalue weighted by Crippen LogP contribution is -2.36. The van der Waals surface area contributed by atoms with Crippen LogP contribution in [0.25, 0.3) is 16.5 Å². The SMILES string of the molecule is COc1cc(C2=C(C(C)(C)C)C(C)(C)CN2C(=O)OC(C)(C)C)c2ccccc2c1. The third-order valence-electron chi connectivity index (χ3n) is 5.43. The minimum Gasteiger partial charge on any atom is -0.497 e. The van der Waals surface area contributed by atoms with Gasteiger partial charge in [-0.15, -0.1) is 0 Å². The second-order valence-corrected chi connectivity index (χ2v) is 10.8. The van der Waals surface area contributed by atoms with Gasteiger partial charge in [-0.1, -0.05) is 58.9 Å². The van der Waals surface area contributed by atoms with Gasteiger partial charge in [0.05, 0.1) is 12.8 Å². The molecule has 162 valence electrons. The van der Waals surface area contributed by atoms with Gasteiger partial charge >= 0.3 is 6.09 Å². The van der Waals surface area contributed by atoms with Crippen LogP contribution in [-0.2, 0) is 4.74 Å². The van der Waals surface area contributed by atoms with Crippen LogP contribution in [0.2, 0.25) is 0 Å². The van der Waals surface area contributed by atoms with E-state index in [4.69, 9.17) is 9.47 Å². The standard InChI is InChI=1S/C26H35NO3/c1-24(2,3)22-21(27(16-26(22,7)8)23(28)30-25(4,5)6)20-15-18(29-9)14-17-12-10-11-13-19(17)20/h10-15H,16H2,1-9H3. The minimum absolute atomic E-state index is 0.125. The molecule has 1 aliphatic heterocycles. The quantitative estimate of drug-likeness (QED) is 0.542. The Bertz CT molecular complexity index is 1000. The van der Waals surface area contributed by atoms with Crippen LogP contribution in [0.1, 0.15) is 61.0 Å². The van der Waals surface area contributed by atoms with E-state index >= 15 is 0 Å². The molecular weight excluding hydrogens is 374 g/mol. The van der Waals surface area contributed by atoms with Crippen molar-refractivity contribution in [2.45, 2.75) is 61.0 Å². The zero-order valence-corrected chi connectivity index (χ0v) is 19.8. The van der Waals surface area contributed by atoms with Crippen LogP contribution in [0.4, 0.5) is 4.79 Å². The largest absolute Gasteiger partial charge is 0.497 e. The molecule has 4 nitrogen and oxygen atoms in total. The smallest absolute Gasteiger partial charge is 0.414 e. The highest BCUT2D eigenvalue weighted by atomic mass is 16.6. The summed E-state index contributed by atoms with van der Waals surface area (Å²) in [5.74, 6) is 0.776. The Morgan fingerprint density at radius 3 is 2.23 bits per heavy atom. The molecule has 0 spiro atoms. The fraction of sp³-hybridized carbons (Fsp3) is 0.500. The van der Waals surface area contributed by atoms with E-state index in [1.807, 2.05) is 49.9 Å². The highest BCUT2D eigenvalue weighted by Crippen LogP contribution is 2.52. The number of hydrogen-bond donors (Lipinski definition) is 0. The van der Waals surface area contributed by atoms with E-state index in [1.165, 1.54) is 5.57 Å². The molecule has 4 heteroatoms. The Labute approximate surface area is 180 Å². The summed E-state index contributed by atoms with van der Waals surface area (Å²) in [4.78, 5) is 15.2. The van der Waals surface area contributed by atoms with Gasteiger partial charge in [0.15, 0.2) is 0 Å². The van der Waals surface area contributed by atoms with Crippen LogP contribution in [0.3, 0.4) is 0 Å². The number of hydrogen-bond acceptors (Lipinski definition) is 3. The molecule has 0 bridgehead atoms. The van der Waals surface area contributed by atoms with Gasteiger partial charge in [-0.05, 0) is 54.7 Å². The number of nitrogens with zero attached hydrogens (tertiary/aromatic N) is 1. The number of carbonyl (C=O) groups excluding carboxylic acids is 1. The number of methoxy groups -OCH3 is 1. The molecule has 0 saturated carbocycles. The normalized spacial score (nSPS) is 16.9. The molecule has 0 aromatic heterocycles. The Morgan fingerprint density at radius 1 is 1.03 bits per heavy atom. The van der Waals surface area contributed by atoms with Crippen LogP contribution in [0.15, 0.2) is 42.0 Å². The van der Waals surface area contributed by atoms with E-state index in [2.05, 4.69) is 46.8 Å². The van der Waals surface area contributed by atoms with E-state index in [9.17, 15) is 4.79 Å². The van der Waals surface area contributed by atoms with Crippen LogP contribution < -0.4 is 4.74 Å². The average molecular weight is 410 g/mol. The van der Waals surface area contributed by atoms with Gasteiger partial charge in [0, 0.05) is 17.5 Å². The van der Waals surface area contributed by atoms with Crippen molar-refractivity contribution in [3.8, 4) is 5.75 Å². The number of amides is 1. The zero-order valence-electron chi connectivity index (χ0n) is 19.8. The van der Waals surface area contributed by atoms with Gasteiger partial charge in [0.25, 0.3) is 0 Å². The van der Waals surface area contributed by atoms with E-state index in [1.54, 1.807) is 7.11 Å².